The zero-order valence-electron chi connectivity index (χ0n) is 11.4. The van der Waals surface area contributed by atoms with Gasteiger partial charge in [-0.25, -0.2) is 4.98 Å². The number of nitrogens with two attached hydrogens (primary N) is 1. The number of methoxy groups -OCH3 is 1. The van der Waals surface area contributed by atoms with Crippen molar-refractivity contribution in [1.29, 1.82) is 0 Å². The smallest absolute Gasteiger partial charge is 0.256 e. The van der Waals surface area contributed by atoms with Crippen LogP contribution in [-0.4, -0.2) is 37.3 Å². The average molecular weight is 295 g/mol. The number of anilines is 1. The van der Waals surface area contributed by atoms with Crippen LogP contribution in [0.15, 0.2) is 18.2 Å². The molecule has 0 aliphatic rings. The highest BCUT2D eigenvalue weighted by Crippen LogP contribution is 2.29. The number of thiazole rings is 1. The van der Waals surface area contributed by atoms with E-state index in [1.807, 2.05) is 25.1 Å². The summed E-state index contributed by atoms with van der Waals surface area (Å²) >= 11 is 1.38. The number of ether oxygens (including phenoxy) is 2. The van der Waals surface area contributed by atoms with Crippen LogP contribution >= 0.6 is 11.3 Å². The van der Waals surface area contributed by atoms with E-state index in [2.05, 4.69) is 10.3 Å². The fourth-order valence-corrected chi connectivity index (χ4v) is 2.61. The molecule has 7 heteroatoms. The Morgan fingerprint density at radius 2 is 2.35 bits per heavy atom. The third-order valence-corrected chi connectivity index (χ3v) is 3.63. The zero-order valence-corrected chi connectivity index (χ0v) is 12.2. The number of rotatable bonds is 6. The van der Waals surface area contributed by atoms with Gasteiger partial charge >= 0.3 is 0 Å². The lowest BCUT2D eigenvalue weighted by atomic mass is 10.3. The topological polar surface area (TPSA) is 86.5 Å². The van der Waals surface area contributed by atoms with Gasteiger partial charge in [0.2, 0.25) is 0 Å². The molecule has 0 saturated heterocycles. The quantitative estimate of drug-likeness (QED) is 0.845. The number of nitrogens with one attached hydrogen (secondary N) is 1. The monoisotopic (exact) mass is 295 g/mol. The van der Waals surface area contributed by atoms with Crippen LogP contribution in [0.1, 0.15) is 6.92 Å². The van der Waals surface area contributed by atoms with Crippen molar-refractivity contribution in [3.8, 4) is 5.75 Å². The lowest BCUT2D eigenvalue weighted by Gasteiger charge is -2.10. The normalized spacial score (nSPS) is 12.3. The molecule has 2 rings (SSSR count). The van der Waals surface area contributed by atoms with E-state index >= 15 is 0 Å². The Hall–Kier alpha value is -1.70. The minimum absolute atomic E-state index is 0.127. The first-order valence-electron chi connectivity index (χ1n) is 6.25. The molecule has 1 aromatic heterocycles. The van der Waals surface area contributed by atoms with E-state index in [4.69, 9.17) is 15.2 Å². The Bertz CT molecular complexity index is 596. The van der Waals surface area contributed by atoms with Crippen LogP contribution in [0.3, 0.4) is 0 Å². The summed E-state index contributed by atoms with van der Waals surface area (Å²) in [6, 6.07) is 5.63. The van der Waals surface area contributed by atoms with Gasteiger partial charge in [0.25, 0.3) is 5.91 Å². The van der Waals surface area contributed by atoms with Crippen LogP contribution < -0.4 is 15.8 Å². The summed E-state index contributed by atoms with van der Waals surface area (Å²) in [5, 5.41) is 3.23. The number of benzene rings is 1. The maximum atomic E-state index is 11.8. The molecular weight excluding hydrogens is 278 g/mol. The van der Waals surface area contributed by atoms with E-state index in [1.54, 1.807) is 0 Å². The molecule has 1 atom stereocenters. The highest BCUT2D eigenvalue weighted by atomic mass is 32.1. The summed E-state index contributed by atoms with van der Waals surface area (Å²) in [5.41, 5.74) is 6.26. The number of carbonyl (C=O) groups excluding carboxylic acids is 1. The standard InChI is InChI=1S/C13H17N3O3S/c1-3-19-8-4-5-9-11(6-8)20-13(15-9)16-12(17)10(7-14)18-2/h4-6,10H,3,7,14H2,1-2H3,(H,15,16,17). The summed E-state index contributed by atoms with van der Waals surface area (Å²) in [6.45, 7) is 2.67. The number of hydrogen-bond donors (Lipinski definition) is 2. The molecule has 1 heterocycles. The summed E-state index contributed by atoms with van der Waals surface area (Å²) < 4.78 is 11.4. The van der Waals surface area contributed by atoms with Crippen LogP contribution in [0.5, 0.6) is 5.75 Å². The van der Waals surface area contributed by atoms with Crippen LogP contribution in [0.4, 0.5) is 5.13 Å². The molecule has 0 saturated carbocycles. The van der Waals surface area contributed by atoms with E-state index < -0.39 is 6.10 Å². The second kappa shape index (κ2) is 6.65. The molecule has 1 amide bonds. The average Bonchev–Trinajstić information content (AvgIpc) is 2.82. The van der Waals surface area contributed by atoms with Gasteiger partial charge in [0.1, 0.15) is 11.9 Å². The van der Waals surface area contributed by atoms with E-state index in [0.29, 0.717) is 11.7 Å². The van der Waals surface area contributed by atoms with Crippen molar-refractivity contribution < 1.29 is 14.3 Å². The second-order valence-electron chi connectivity index (χ2n) is 4.03. The number of amides is 1. The first-order valence-corrected chi connectivity index (χ1v) is 7.06. The summed E-state index contributed by atoms with van der Waals surface area (Å²) in [5.74, 6) is 0.498. The molecule has 108 valence electrons. The molecule has 0 fully saturated rings. The van der Waals surface area contributed by atoms with Gasteiger partial charge in [-0.15, -0.1) is 0 Å². The molecule has 0 radical (unpaired) electrons. The van der Waals surface area contributed by atoms with Gasteiger partial charge in [0.05, 0.1) is 16.8 Å². The first kappa shape index (κ1) is 14.7. The van der Waals surface area contributed by atoms with Crippen molar-refractivity contribution in [2.45, 2.75) is 13.0 Å². The van der Waals surface area contributed by atoms with Crippen LogP contribution in [0, 0.1) is 0 Å². The van der Waals surface area contributed by atoms with Crippen molar-refractivity contribution >= 4 is 32.6 Å². The third kappa shape index (κ3) is 3.24. The molecule has 0 aliphatic heterocycles. The van der Waals surface area contributed by atoms with E-state index in [1.165, 1.54) is 18.4 Å². The highest BCUT2D eigenvalue weighted by Gasteiger charge is 2.17. The molecular formula is C13H17N3O3S. The summed E-state index contributed by atoms with van der Waals surface area (Å²) in [4.78, 5) is 16.2. The molecule has 1 unspecified atom stereocenters. The third-order valence-electron chi connectivity index (χ3n) is 2.69. The van der Waals surface area contributed by atoms with E-state index in [0.717, 1.165) is 16.0 Å². The predicted octanol–water partition coefficient (Wildman–Crippen LogP) is 1.61. The van der Waals surface area contributed by atoms with Crippen molar-refractivity contribution in [3.05, 3.63) is 18.2 Å². The first-order chi connectivity index (χ1) is 9.67. The maximum absolute atomic E-state index is 11.8. The molecule has 20 heavy (non-hydrogen) atoms. The fourth-order valence-electron chi connectivity index (χ4n) is 1.71. The number of nitrogens with zero attached hydrogens (tertiary/aromatic N) is 1. The molecule has 1 aromatic carbocycles. The van der Waals surface area contributed by atoms with E-state index in [9.17, 15) is 4.79 Å². The summed E-state index contributed by atoms with van der Waals surface area (Å²) in [7, 11) is 1.45. The minimum atomic E-state index is -0.666. The van der Waals surface area contributed by atoms with Gasteiger partial charge in [-0.3, -0.25) is 10.1 Å². The van der Waals surface area contributed by atoms with Crippen molar-refractivity contribution in [3.63, 3.8) is 0 Å². The Balaban J connectivity index is 2.17. The van der Waals surface area contributed by atoms with Gasteiger partial charge in [-0.05, 0) is 25.1 Å². The lowest BCUT2D eigenvalue weighted by Crippen LogP contribution is -2.35. The number of fused-ring (bicyclic) bond motifs is 1. The second-order valence-corrected chi connectivity index (χ2v) is 5.06. The molecule has 6 nitrogen and oxygen atoms in total. The predicted molar refractivity (Wildman–Crippen MR) is 79.3 cm³/mol. The highest BCUT2D eigenvalue weighted by molar-refractivity contribution is 7.22. The fraction of sp³-hybridized carbons (Fsp3) is 0.385. The molecule has 0 bridgehead atoms. The van der Waals surface area contributed by atoms with Gasteiger partial charge in [-0.1, -0.05) is 11.3 Å². The van der Waals surface area contributed by atoms with Crippen LogP contribution in [0.2, 0.25) is 0 Å². The Kier molecular flexibility index (Phi) is 4.89. The van der Waals surface area contributed by atoms with Gasteiger partial charge in [-0.2, -0.15) is 0 Å². The minimum Gasteiger partial charge on any atom is -0.494 e. The van der Waals surface area contributed by atoms with Gasteiger partial charge in [0.15, 0.2) is 5.13 Å². The van der Waals surface area contributed by atoms with Crippen LogP contribution in [-0.2, 0) is 9.53 Å². The van der Waals surface area contributed by atoms with Crippen molar-refractivity contribution in [2.24, 2.45) is 5.73 Å². The van der Waals surface area contributed by atoms with Crippen molar-refractivity contribution in [2.75, 3.05) is 25.6 Å². The molecule has 3 N–H and O–H groups in total. The van der Waals surface area contributed by atoms with Crippen LogP contribution in [0.25, 0.3) is 10.2 Å². The maximum Gasteiger partial charge on any atom is 0.256 e. The summed E-state index contributed by atoms with van der Waals surface area (Å²) in [6.07, 6.45) is -0.666. The SMILES string of the molecule is CCOc1ccc2nc(NC(=O)C(CN)OC)sc2c1. The Morgan fingerprint density at radius 1 is 1.55 bits per heavy atom. The van der Waals surface area contributed by atoms with Crippen molar-refractivity contribution in [1.82, 2.24) is 4.98 Å². The van der Waals surface area contributed by atoms with E-state index in [-0.39, 0.29) is 12.5 Å². The van der Waals surface area contributed by atoms with Gasteiger partial charge < -0.3 is 15.2 Å². The Labute approximate surface area is 120 Å². The van der Waals surface area contributed by atoms with Gasteiger partial charge in [0, 0.05) is 13.7 Å². The number of carbonyl (C=O) groups is 1. The molecule has 0 aliphatic carbocycles. The number of hydrogen-bond acceptors (Lipinski definition) is 6. The molecule has 2 aromatic rings. The number of aromatic nitrogens is 1. The Morgan fingerprint density at radius 3 is 3.00 bits per heavy atom. The lowest BCUT2D eigenvalue weighted by molar-refractivity contribution is -0.125. The zero-order chi connectivity index (χ0) is 14.5. The largest absolute Gasteiger partial charge is 0.494 e. The molecule has 0 spiro atoms.